The highest BCUT2D eigenvalue weighted by Gasteiger charge is 2.02. The molecular formula is C14H15BrN2O. The molecule has 2 aromatic rings. The van der Waals surface area contributed by atoms with Crippen LogP contribution in [0.25, 0.3) is 0 Å². The van der Waals surface area contributed by atoms with E-state index >= 15 is 0 Å². The number of rotatable bonds is 4. The van der Waals surface area contributed by atoms with Crippen molar-refractivity contribution in [2.45, 2.75) is 13.5 Å². The summed E-state index contributed by atoms with van der Waals surface area (Å²) in [4.78, 5) is 4.37. The van der Waals surface area contributed by atoms with Crippen molar-refractivity contribution in [1.82, 2.24) is 10.3 Å². The maximum absolute atomic E-state index is 5.74. The first-order chi connectivity index (χ1) is 8.67. The summed E-state index contributed by atoms with van der Waals surface area (Å²) in [5, 5.41) is 3.12. The van der Waals surface area contributed by atoms with E-state index in [2.05, 4.69) is 26.2 Å². The minimum Gasteiger partial charge on any atom is -0.439 e. The Morgan fingerprint density at radius 1 is 1.22 bits per heavy atom. The Balaban J connectivity index is 2.20. The number of nitrogens with one attached hydrogen (secondary N) is 1. The molecular weight excluding hydrogens is 292 g/mol. The molecule has 4 heteroatoms. The van der Waals surface area contributed by atoms with Gasteiger partial charge in [0.15, 0.2) is 0 Å². The van der Waals surface area contributed by atoms with Crippen molar-refractivity contribution >= 4 is 15.9 Å². The summed E-state index contributed by atoms with van der Waals surface area (Å²) in [5.74, 6) is 1.41. The zero-order valence-corrected chi connectivity index (χ0v) is 12.0. The van der Waals surface area contributed by atoms with Gasteiger partial charge in [-0.05, 0) is 49.9 Å². The van der Waals surface area contributed by atoms with Crippen LogP contribution in [0.15, 0.2) is 40.9 Å². The molecule has 1 N–H and O–H groups in total. The summed E-state index contributed by atoms with van der Waals surface area (Å²) in [6.07, 6.45) is 0. The number of aryl methyl sites for hydroxylation is 1. The molecule has 0 bridgehead atoms. The first-order valence-corrected chi connectivity index (χ1v) is 6.52. The molecule has 0 spiro atoms. The van der Waals surface area contributed by atoms with Crippen LogP contribution in [-0.2, 0) is 6.54 Å². The smallest absolute Gasteiger partial charge is 0.219 e. The van der Waals surface area contributed by atoms with Crippen molar-refractivity contribution in [2.75, 3.05) is 7.05 Å². The summed E-state index contributed by atoms with van der Waals surface area (Å²) in [6, 6.07) is 11.7. The average Bonchev–Trinajstić information content (AvgIpc) is 2.32. The van der Waals surface area contributed by atoms with E-state index in [1.54, 1.807) is 0 Å². The van der Waals surface area contributed by atoms with Crippen LogP contribution in [0.2, 0.25) is 0 Å². The number of pyridine rings is 1. The number of benzene rings is 1. The van der Waals surface area contributed by atoms with E-state index in [1.807, 2.05) is 50.4 Å². The van der Waals surface area contributed by atoms with Crippen LogP contribution in [0, 0.1) is 6.92 Å². The normalized spacial score (nSPS) is 10.4. The number of ether oxygens (including phenoxy) is 1. The zero-order chi connectivity index (χ0) is 13.0. The predicted octanol–water partition coefficient (Wildman–Crippen LogP) is 3.66. The van der Waals surface area contributed by atoms with E-state index in [-0.39, 0.29) is 0 Å². The van der Waals surface area contributed by atoms with Crippen molar-refractivity contribution in [3.05, 3.63) is 52.1 Å². The van der Waals surface area contributed by atoms with Crippen LogP contribution in [0.3, 0.4) is 0 Å². The predicted molar refractivity (Wildman–Crippen MR) is 76.0 cm³/mol. The Bertz CT molecular complexity index is 526. The fourth-order valence-electron chi connectivity index (χ4n) is 1.69. The lowest BCUT2D eigenvalue weighted by Gasteiger charge is -2.08. The molecule has 0 atom stereocenters. The van der Waals surface area contributed by atoms with Crippen LogP contribution < -0.4 is 10.1 Å². The second-order valence-corrected chi connectivity index (χ2v) is 4.96. The topological polar surface area (TPSA) is 34.2 Å². The van der Waals surface area contributed by atoms with E-state index < -0.39 is 0 Å². The van der Waals surface area contributed by atoms with Gasteiger partial charge in [-0.3, -0.25) is 0 Å². The van der Waals surface area contributed by atoms with E-state index in [9.17, 15) is 0 Å². The van der Waals surface area contributed by atoms with Gasteiger partial charge in [-0.2, -0.15) is 0 Å². The number of nitrogens with zero attached hydrogens (tertiary/aromatic N) is 1. The largest absolute Gasteiger partial charge is 0.439 e. The summed E-state index contributed by atoms with van der Waals surface area (Å²) in [7, 11) is 1.92. The average molecular weight is 307 g/mol. The van der Waals surface area contributed by atoms with Crippen LogP contribution in [-0.4, -0.2) is 12.0 Å². The second kappa shape index (κ2) is 5.98. The zero-order valence-electron chi connectivity index (χ0n) is 10.4. The first-order valence-electron chi connectivity index (χ1n) is 5.73. The van der Waals surface area contributed by atoms with Crippen molar-refractivity contribution in [2.24, 2.45) is 0 Å². The Hall–Kier alpha value is -1.39. The molecule has 0 saturated heterocycles. The molecule has 1 aromatic heterocycles. The molecule has 0 aliphatic rings. The van der Waals surface area contributed by atoms with Crippen molar-refractivity contribution in [3.8, 4) is 11.6 Å². The van der Waals surface area contributed by atoms with E-state index in [0.717, 1.165) is 28.0 Å². The van der Waals surface area contributed by atoms with Gasteiger partial charge >= 0.3 is 0 Å². The Kier molecular flexibility index (Phi) is 4.33. The van der Waals surface area contributed by atoms with Gasteiger partial charge in [0.25, 0.3) is 0 Å². The Morgan fingerprint density at radius 2 is 1.94 bits per heavy atom. The van der Waals surface area contributed by atoms with Crippen molar-refractivity contribution in [3.63, 3.8) is 0 Å². The Morgan fingerprint density at radius 3 is 2.61 bits per heavy atom. The minimum atomic E-state index is 0.627. The van der Waals surface area contributed by atoms with Crippen LogP contribution in [0.4, 0.5) is 0 Å². The summed E-state index contributed by atoms with van der Waals surface area (Å²) < 4.78 is 6.77. The molecule has 0 saturated carbocycles. The molecule has 3 nitrogen and oxygen atoms in total. The third kappa shape index (κ3) is 3.55. The van der Waals surface area contributed by atoms with Crippen LogP contribution >= 0.6 is 15.9 Å². The fraction of sp³-hybridized carbons (Fsp3) is 0.214. The molecule has 0 fully saturated rings. The van der Waals surface area contributed by atoms with Gasteiger partial charge in [-0.15, -0.1) is 0 Å². The highest BCUT2D eigenvalue weighted by Crippen LogP contribution is 2.22. The standard InChI is InChI=1S/C14H15BrN2O/c1-10-7-11(9-16-2)8-14(17-10)18-13-5-3-12(15)4-6-13/h3-8,16H,9H2,1-2H3. The van der Waals surface area contributed by atoms with Crippen LogP contribution in [0.1, 0.15) is 11.3 Å². The molecule has 18 heavy (non-hydrogen) atoms. The fourth-order valence-corrected chi connectivity index (χ4v) is 1.95. The quantitative estimate of drug-likeness (QED) is 0.936. The van der Waals surface area contributed by atoms with Gasteiger partial charge in [-0.25, -0.2) is 4.98 Å². The number of aromatic nitrogens is 1. The third-order valence-electron chi connectivity index (χ3n) is 2.41. The monoisotopic (exact) mass is 306 g/mol. The lowest BCUT2D eigenvalue weighted by molar-refractivity contribution is 0.460. The molecule has 0 aliphatic heterocycles. The number of hydrogen-bond acceptors (Lipinski definition) is 3. The summed E-state index contributed by atoms with van der Waals surface area (Å²) in [6.45, 7) is 2.77. The minimum absolute atomic E-state index is 0.627. The molecule has 0 radical (unpaired) electrons. The van der Waals surface area contributed by atoms with E-state index in [1.165, 1.54) is 0 Å². The SMILES string of the molecule is CNCc1cc(C)nc(Oc2ccc(Br)cc2)c1. The number of halogens is 1. The van der Waals surface area contributed by atoms with E-state index in [0.29, 0.717) is 5.88 Å². The van der Waals surface area contributed by atoms with Gasteiger partial charge in [0.05, 0.1) is 0 Å². The Labute approximate surface area is 115 Å². The number of hydrogen-bond donors (Lipinski definition) is 1. The van der Waals surface area contributed by atoms with Gasteiger partial charge in [0.2, 0.25) is 5.88 Å². The van der Waals surface area contributed by atoms with Gasteiger partial charge in [0, 0.05) is 22.8 Å². The molecule has 0 aliphatic carbocycles. The maximum Gasteiger partial charge on any atom is 0.219 e. The highest BCUT2D eigenvalue weighted by molar-refractivity contribution is 9.10. The molecule has 0 amide bonds. The maximum atomic E-state index is 5.74. The molecule has 0 unspecified atom stereocenters. The summed E-state index contributed by atoms with van der Waals surface area (Å²) >= 11 is 3.40. The van der Waals surface area contributed by atoms with Gasteiger partial charge < -0.3 is 10.1 Å². The molecule has 1 heterocycles. The van der Waals surface area contributed by atoms with Crippen molar-refractivity contribution in [1.29, 1.82) is 0 Å². The van der Waals surface area contributed by atoms with Crippen LogP contribution in [0.5, 0.6) is 11.6 Å². The lowest BCUT2D eigenvalue weighted by Crippen LogP contribution is -2.06. The first kappa shape index (κ1) is 13.1. The third-order valence-corrected chi connectivity index (χ3v) is 2.94. The highest BCUT2D eigenvalue weighted by atomic mass is 79.9. The second-order valence-electron chi connectivity index (χ2n) is 4.04. The van der Waals surface area contributed by atoms with Gasteiger partial charge in [-0.1, -0.05) is 15.9 Å². The van der Waals surface area contributed by atoms with Gasteiger partial charge in [0.1, 0.15) is 5.75 Å². The molecule has 94 valence electrons. The summed E-state index contributed by atoms with van der Waals surface area (Å²) in [5.41, 5.74) is 2.12. The molecule has 1 aromatic carbocycles. The molecule has 2 rings (SSSR count). The van der Waals surface area contributed by atoms with E-state index in [4.69, 9.17) is 4.74 Å². The lowest BCUT2D eigenvalue weighted by atomic mass is 10.2. The van der Waals surface area contributed by atoms with Crippen molar-refractivity contribution < 1.29 is 4.74 Å².